The third-order valence-corrected chi connectivity index (χ3v) is 3.42. The van der Waals surface area contributed by atoms with Crippen LogP contribution in [0.2, 0.25) is 0 Å². The van der Waals surface area contributed by atoms with Gasteiger partial charge in [0.1, 0.15) is 6.04 Å². The van der Waals surface area contributed by atoms with Crippen molar-refractivity contribution in [1.29, 1.82) is 0 Å². The molecule has 0 saturated carbocycles. The summed E-state index contributed by atoms with van der Waals surface area (Å²) in [4.78, 5) is 32.9. The van der Waals surface area contributed by atoms with Crippen LogP contribution in [0.25, 0.3) is 5.78 Å². The molecule has 1 aliphatic heterocycles. The largest absolute Gasteiger partial charge is 0.480 e. The Morgan fingerprint density at radius 3 is 2.95 bits per heavy atom. The molecule has 0 radical (unpaired) electrons. The number of rotatable bonds is 2. The first-order chi connectivity index (χ1) is 9.58. The lowest BCUT2D eigenvalue weighted by Gasteiger charge is -2.19. The minimum Gasteiger partial charge on any atom is -0.480 e. The van der Waals surface area contributed by atoms with Gasteiger partial charge in [-0.1, -0.05) is 0 Å². The lowest BCUT2D eigenvalue weighted by atomic mass is 10.2. The van der Waals surface area contributed by atoms with E-state index in [2.05, 4.69) is 15.1 Å². The number of hydrogen-bond acceptors (Lipinski definition) is 5. The van der Waals surface area contributed by atoms with E-state index in [-0.39, 0.29) is 5.82 Å². The Hall–Kier alpha value is -2.51. The van der Waals surface area contributed by atoms with Gasteiger partial charge in [0.2, 0.25) is 5.82 Å². The summed E-state index contributed by atoms with van der Waals surface area (Å²) in [5.41, 5.74) is 0.803. The molecule has 2 aromatic heterocycles. The van der Waals surface area contributed by atoms with Crippen LogP contribution in [-0.4, -0.2) is 54.1 Å². The number of aromatic nitrogens is 4. The van der Waals surface area contributed by atoms with E-state index in [0.29, 0.717) is 25.2 Å². The maximum absolute atomic E-state index is 12.3. The predicted molar refractivity (Wildman–Crippen MR) is 67.2 cm³/mol. The standard InChI is InChI=1S/C12H13N5O3/c1-7-4-5-13-12-14-9(15-17(7)12)10(18)16-6-2-3-8(16)11(19)20/h4-5,8H,2-3,6H2,1H3,(H,19,20)/t8-/m1/s1. The van der Waals surface area contributed by atoms with Gasteiger partial charge in [-0.3, -0.25) is 4.79 Å². The van der Waals surface area contributed by atoms with Crippen LogP contribution >= 0.6 is 0 Å². The first kappa shape index (κ1) is 12.5. The van der Waals surface area contributed by atoms with Crippen LogP contribution in [-0.2, 0) is 4.79 Å². The SMILES string of the molecule is Cc1ccnc2nc(C(=O)N3CCC[C@@H]3C(=O)O)nn12. The van der Waals surface area contributed by atoms with Crippen LogP contribution in [0.15, 0.2) is 12.3 Å². The molecule has 3 heterocycles. The fraction of sp³-hybridized carbons (Fsp3) is 0.417. The number of carbonyl (C=O) groups is 2. The average molecular weight is 275 g/mol. The van der Waals surface area contributed by atoms with Crippen molar-refractivity contribution in [2.45, 2.75) is 25.8 Å². The molecule has 1 fully saturated rings. The fourth-order valence-corrected chi connectivity index (χ4v) is 2.39. The summed E-state index contributed by atoms with van der Waals surface area (Å²) in [6.45, 7) is 2.24. The highest BCUT2D eigenvalue weighted by atomic mass is 16.4. The molecule has 8 heteroatoms. The fourth-order valence-electron chi connectivity index (χ4n) is 2.39. The number of carbonyl (C=O) groups excluding carboxylic acids is 1. The Bertz CT molecular complexity index is 695. The zero-order valence-corrected chi connectivity index (χ0v) is 10.9. The van der Waals surface area contributed by atoms with Crippen LogP contribution in [0, 0.1) is 6.92 Å². The second-order valence-electron chi connectivity index (χ2n) is 4.73. The van der Waals surface area contributed by atoms with Crippen molar-refractivity contribution < 1.29 is 14.7 Å². The molecule has 8 nitrogen and oxygen atoms in total. The molecule has 1 saturated heterocycles. The Balaban J connectivity index is 1.96. The van der Waals surface area contributed by atoms with E-state index < -0.39 is 17.9 Å². The van der Waals surface area contributed by atoms with Crippen LogP contribution < -0.4 is 0 Å². The smallest absolute Gasteiger partial charge is 0.326 e. The van der Waals surface area contributed by atoms with Crippen LogP contribution in [0.5, 0.6) is 0 Å². The van der Waals surface area contributed by atoms with Crippen molar-refractivity contribution in [3.63, 3.8) is 0 Å². The molecule has 1 atom stereocenters. The summed E-state index contributed by atoms with van der Waals surface area (Å²) in [5, 5.41) is 13.2. The van der Waals surface area contributed by atoms with Gasteiger partial charge in [0.05, 0.1) is 0 Å². The molecular weight excluding hydrogens is 262 g/mol. The monoisotopic (exact) mass is 275 g/mol. The highest BCUT2D eigenvalue weighted by molar-refractivity contribution is 5.94. The van der Waals surface area contributed by atoms with Crippen molar-refractivity contribution in [3.05, 3.63) is 23.8 Å². The molecule has 0 spiro atoms. The molecule has 3 rings (SSSR count). The molecule has 2 aromatic rings. The molecule has 0 unspecified atom stereocenters. The van der Waals surface area contributed by atoms with E-state index in [0.717, 1.165) is 5.69 Å². The van der Waals surface area contributed by atoms with Gasteiger partial charge in [0, 0.05) is 18.4 Å². The molecule has 1 N–H and O–H groups in total. The number of aliphatic carboxylic acids is 1. The zero-order valence-electron chi connectivity index (χ0n) is 10.9. The zero-order chi connectivity index (χ0) is 14.3. The molecule has 1 amide bonds. The van der Waals surface area contributed by atoms with Gasteiger partial charge in [0.25, 0.3) is 11.7 Å². The summed E-state index contributed by atoms with van der Waals surface area (Å²) >= 11 is 0. The van der Waals surface area contributed by atoms with Gasteiger partial charge < -0.3 is 10.0 Å². The second kappa shape index (κ2) is 4.55. The quantitative estimate of drug-likeness (QED) is 0.835. The third-order valence-electron chi connectivity index (χ3n) is 3.42. The van der Waals surface area contributed by atoms with Gasteiger partial charge in [-0.05, 0) is 25.8 Å². The van der Waals surface area contributed by atoms with Crippen LogP contribution in [0.1, 0.15) is 29.2 Å². The maximum Gasteiger partial charge on any atom is 0.326 e. The van der Waals surface area contributed by atoms with Gasteiger partial charge >= 0.3 is 5.97 Å². The second-order valence-corrected chi connectivity index (χ2v) is 4.73. The third kappa shape index (κ3) is 1.89. The number of likely N-dealkylation sites (tertiary alicyclic amines) is 1. The van der Waals surface area contributed by atoms with Crippen LogP contribution in [0.3, 0.4) is 0 Å². The first-order valence-corrected chi connectivity index (χ1v) is 6.30. The number of aryl methyl sites for hydroxylation is 1. The van der Waals surface area contributed by atoms with E-state index in [9.17, 15) is 9.59 Å². The van der Waals surface area contributed by atoms with Crippen LogP contribution in [0.4, 0.5) is 0 Å². The number of carboxylic acids is 1. The number of fused-ring (bicyclic) bond motifs is 1. The Kier molecular flexibility index (Phi) is 2.85. The van der Waals surface area contributed by atoms with Crippen molar-refractivity contribution >= 4 is 17.7 Å². The lowest BCUT2D eigenvalue weighted by molar-refractivity contribution is -0.141. The van der Waals surface area contributed by atoms with E-state index in [1.54, 1.807) is 12.3 Å². The molecule has 20 heavy (non-hydrogen) atoms. The minimum atomic E-state index is -0.992. The molecule has 0 aliphatic carbocycles. The van der Waals surface area contributed by atoms with Crippen molar-refractivity contribution in [1.82, 2.24) is 24.5 Å². The normalized spacial score (nSPS) is 18.6. The molecule has 104 valence electrons. The summed E-state index contributed by atoms with van der Waals surface area (Å²) < 4.78 is 1.47. The summed E-state index contributed by atoms with van der Waals surface area (Å²) in [7, 11) is 0. The summed E-state index contributed by atoms with van der Waals surface area (Å²) in [6.07, 6.45) is 2.72. The number of carboxylic acid groups (broad SMARTS) is 1. The minimum absolute atomic E-state index is 0.0139. The number of hydrogen-bond donors (Lipinski definition) is 1. The number of amides is 1. The van der Waals surface area contributed by atoms with Gasteiger partial charge in [-0.15, -0.1) is 5.10 Å². The molecular formula is C12H13N5O3. The molecule has 0 bridgehead atoms. The predicted octanol–water partition coefficient (Wildman–Crippen LogP) is 0.122. The highest BCUT2D eigenvalue weighted by Crippen LogP contribution is 2.19. The summed E-state index contributed by atoms with van der Waals surface area (Å²) in [5.74, 6) is -1.13. The average Bonchev–Trinajstić information content (AvgIpc) is 3.05. The van der Waals surface area contributed by atoms with Crippen molar-refractivity contribution in [2.75, 3.05) is 6.54 Å². The Morgan fingerprint density at radius 2 is 2.25 bits per heavy atom. The topological polar surface area (TPSA) is 101 Å². The Morgan fingerprint density at radius 1 is 1.45 bits per heavy atom. The van der Waals surface area contributed by atoms with Gasteiger partial charge in [0.15, 0.2) is 0 Å². The van der Waals surface area contributed by atoms with E-state index >= 15 is 0 Å². The Labute approximate surface area is 114 Å². The summed E-state index contributed by atoms with van der Waals surface area (Å²) in [6, 6.07) is 0.967. The molecule has 1 aliphatic rings. The highest BCUT2D eigenvalue weighted by Gasteiger charge is 2.36. The number of nitrogens with zero attached hydrogens (tertiary/aromatic N) is 5. The maximum atomic E-state index is 12.3. The molecule has 0 aromatic carbocycles. The first-order valence-electron chi connectivity index (χ1n) is 6.30. The lowest BCUT2D eigenvalue weighted by Crippen LogP contribution is -2.40. The van der Waals surface area contributed by atoms with Crippen molar-refractivity contribution in [3.8, 4) is 0 Å². The van der Waals surface area contributed by atoms with E-state index in [1.807, 2.05) is 6.92 Å². The van der Waals surface area contributed by atoms with Gasteiger partial charge in [-0.2, -0.15) is 4.98 Å². The van der Waals surface area contributed by atoms with Gasteiger partial charge in [-0.25, -0.2) is 14.3 Å². The van der Waals surface area contributed by atoms with E-state index in [4.69, 9.17) is 5.11 Å². The van der Waals surface area contributed by atoms with E-state index in [1.165, 1.54) is 9.42 Å². The van der Waals surface area contributed by atoms with Crippen molar-refractivity contribution in [2.24, 2.45) is 0 Å².